The molecule has 0 atom stereocenters. The first-order valence-corrected chi connectivity index (χ1v) is 3.35. The van der Waals surface area contributed by atoms with E-state index in [1.54, 1.807) is 0 Å². The van der Waals surface area contributed by atoms with Gasteiger partial charge in [-0.1, -0.05) is 0 Å². The van der Waals surface area contributed by atoms with Gasteiger partial charge in [0.05, 0.1) is 5.69 Å². The largest absolute Gasteiger partial charge is 0.458 e. The van der Waals surface area contributed by atoms with Gasteiger partial charge in [-0.05, 0) is 12.1 Å². The molecule has 0 aromatic heterocycles. The molecule has 2 nitrogen and oxygen atoms in total. The van der Waals surface area contributed by atoms with Crippen LogP contribution < -0.4 is 10.1 Å². The second-order valence-electron chi connectivity index (χ2n) is 2.30. The van der Waals surface area contributed by atoms with Crippen LogP contribution in [0.4, 0.5) is 14.5 Å². The number of benzene rings is 1. The molecule has 2 rings (SSSR count). The van der Waals surface area contributed by atoms with Gasteiger partial charge in [-0.3, -0.25) is 0 Å². The number of fused-ring (bicyclic) bond motifs is 1. The summed E-state index contributed by atoms with van der Waals surface area (Å²) in [6.07, 6.45) is 2.75. The fourth-order valence-corrected chi connectivity index (χ4v) is 0.987. The van der Waals surface area contributed by atoms with Gasteiger partial charge >= 0.3 is 0 Å². The van der Waals surface area contributed by atoms with E-state index in [0.29, 0.717) is 5.69 Å². The highest BCUT2D eigenvalue weighted by Gasteiger charge is 2.15. The van der Waals surface area contributed by atoms with Gasteiger partial charge in [0.25, 0.3) is 0 Å². The fourth-order valence-electron chi connectivity index (χ4n) is 0.987. The number of hydrogen-bond donors (Lipinski definition) is 1. The third kappa shape index (κ3) is 0.922. The van der Waals surface area contributed by atoms with Crippen LogP contribution in [0.1, 0.15) is 0 Å². The molecule has 62 valence electrons. The minimum Gasteiger partial charge on any atom is -0.458 e. The summed E-state index contributed by atoms with van der Waals surface area (Å²) in [6.45, 7) is 0. The van der Waals surface area contributed by atoms with E-state index in [1.807, 2.05) is 0 Å². The Labute approximate surface area is 67.5 Å². The van der Waals surface area contributed by atoms with E-state index in [1.165, 1.54) is 18.5 Å². The van der Waals surface area contributed by atoms with Crippen LogP contribution in [-0.4, -0.2) is 0 Å². The SMILES string of the molecule is Fc1ccc2c(c1F)OC=CN2. The van der Waals surface area contributed by atoms with Crippen molar-refractivity contribution in [3.05, 3.63) is 36.2 Å². The number of rotatable bonds is 0. The molecule has 1 aliphatic rings. The molecule has 0 spiro atoms. The summed E-state index contributed by atoms with van der Waals surface area (Å²) in [5.74, 6) is -1.98. The van der Waals surface area contributed by atoms with E-state index in [4.69, 9.17) is 4.74 Å². The number of anilines is 1. The third-order valence-corrected chi connectivity index (χ3v) is 1.54. The van der Waals surface area contributed by atoms with Crippen LogP contribution in [0.3, 0.4) is 0 Å². The molecular weight excluding hydrogens is 164 g/mol. The third-order valence-electron chi connectivity index (χ3n) is 1.54. The van der Waals surface area contributed by atoms with Crippen molar-refractivity contribution in [3.63, 3.8) is 0 Å². The standard InChI is InChI=1S/C8H5F2NO/c9-5-1-2-6-8(7(5)10)12-4-3-11-6/h1-4,11H. The molecule has 1 aromatic rings. The second-order valence-corrected chi connectivity index (χ2v) is 2.30. The average molecular weight is 169 g/mol. The summed E-state index contributed by atoms with van der Waals surface area (Å²) in [4.78, 5) is 0. The molecule has 0 unspecified atom stereocenters. The number of halogens is 2. The van der Waals surface area contributed by atoms with E-state index < -0.39 is 11.6 Å². The maximum absolute atomic E-state index is 12.9. The van der Waals surface area contributed by atoms with Crippen LogP contribution in [0.15, 0.2) is 24.6 Å². The van der Waals surface area contributed by atoms with E-state index >= 15 is 0 Å². The van der Waals surface area contributed by atoms with Gasteiger partial charge in [0.15, 0.2) is 11.6 Å². The van der Waals surface area contributed by atoms with E-state index in [2.05, 4.69) is 5.32 Å². The summed E-state index contributed by atoms with van der Waals surface area (Å²) >= 11 is 0. The molecule has 1 N–H and O–H groups in total. The predicted molar refractivity (Wildman–Crippen MR) is 39.7 cm³/mol. The number of nitrogens with one attached hydrogen (secondary N) is 1. The Morgan fingerprint density at radius 3 is 2.92 bits per heavy atom. The zero-order chi connectivity index (χ0) is 8.55. The number of ether oxygens (including phenoxy) is 1. The van der Waals surface area contributed by atoms with Crippen molar-refractivity contribution in [1.82, 2.24) is 0 Å². The van der Waals surface area contributed by atoms with Crippen LogP contribution in [0.25, 0.3) is 0 Å². The molecule has 0 aliphatic carbocycles. The highest BCUT2D eigenvalue weighted by Crippen LogP contribution is 2.31. The van der Waals surface area contributed by atoms with Crippen molar-refractivity contribution in [2.75, 3.05) is 5.32 Å². The molecular formula is C8H5F2NO. The molecule has 1 aromatic carbocycles. The van der Waals surface area contributed by atoms with Gasteiger partial charge in [-0.2, -0.15) is 4.39 Å². The van der Waals surface area contributed by atoms with Crippen LogP contribution in [-0.2, 0) is 0 Å². The zero-order valence-electron chi connectivity index (χ0n) is 5.97. The smallest absolute Gasteiger partial charge is 0.203 e. The monoisotopic (exact) mass is 169 g/mol. The molecule has 0 fully saturated rings. The Morgan fingerprint density at radius 1 is 1.25 bits per heavy atom. The summed E-state index contributed by atoms with van der Waals surface area (Å²) in [5, 5.41) is 2.72. The van der Waals surface area contributed by atoms with Crippen molar-refractivity contribution >= 4 is 5.69 Å². The van der Waals surface area contributed by atoms with Crippen molar-refractivity contribution in [2.45, 2.75) is 0 Å². The first-order valence-electron chi connectivity index (χ1n) is 3.35. The van der Waals surface area contributed by atoms with Gasteiger partial charge in [-0.15, -0.1) is 0 Å². The van der Waals surface area contributed by atoms with Crippen molar-refractivity contribution in [2.24, 2.45) is 0 Å². The minimum atomic E-state index is -0.968. The highest BCUT2D eigenvalue weighted by molar-refractivity contribution is 5.60. The quantitative estimate of drug-likeness (QED) is 0.643. The van der Waals surface area contributed by atoms with Gasteiger partial charge in [0, 0.05) is 6.20 Å². The predicted octanol–water partition coefficient (Wildman–Crippen LogP) is 2.24. The van der Waals surface area contributed by atoms with Gasteiger partial charge in [-0.25, -0.2) is 4.39 Å². The van der Waals surface area contributed by atoms with Crippen LogP contribution >= 0.6 is 0 Å². The zero-order valence-corrected chi connectivity index (χ0v) is 5.97. The molecule has 0 bridgehead atoms. The van der Waals surface area contributed by atoms with Gasteiger partial charge in [0.1, 0.15) is 6.26 Å². The normalized spacial score (nSPS) is 13.2. The Hall–Kier alpha value is -1.58. The van der Waals surface area contributed by atoms with Crippen LogP contribution in [0.2, 0.25) is 0 Å². The fraction of sp³-hybridized carbons (Fsp3) is 0. The Bertz CT molecular complexity index is 349. The molecule has 12 heavy (non-hydrogen) atoms. The molecule has 0 radical (unpaired) electrons. The Balaban J connectivity index is 2.58. The topological polar surface area (TPSA) is 21.3 Å². The highest BCUT2D eigenvalue weighted by atomic mass is 19.2. The molecule has 0 saturated heterocycles. The molecule has 0 amide bonds. The number of hydrogen-bond acceptors (Lipinski definition) is 2. The first-order chi connectivity index (χ1) is 5.79. The molecule has 4 heteroatoms. The van der Waals surface area contributed by atoms with E-state index in [0.717, 1.165) is 6.07 Å². The van der Waals surface area contributed by atoms with Crippen LogP contribution in [0.5, 0.6) is 5.75 Å². The molecule has 1 aliphatic heterocycles. The van der Waals surface area contributed by atoms with Gasteiger partial charge in [0.2, 0.25) is 5.82 Å². The summed E-state index contributed by atoms with van der Waals surface area (Å²) < 4.78 is 30.3. The first kappa shape index (κ1) is 7.09. The molecule has 1 heterocycles. The lowest BCUT2D eigenvalue weighted by Crippen LogP contribution is -2.02. The lowest BCUT2D eigenvalue weighted by molar-refractivity contribution is 0.413. The van der Waals surface area contributed by atoms with E-state index in [-0.39, 0.29) is 5.75 Å². The minimum absolute atomic E-state index is 0.0995. The summed E-state index contributed by atoms with van der Waals surface area (Å²) in [5.41, 5.74) is 0.427. The van der Waals surface area contributed by atoms with Crippen molar-refractivity contribution in [1.29, 1.82) is 0 Å². The lowest BCUT2D eigenvalue weighted by Gasteiger charge is -2.13. The Morgan fingerprint density at radius 2 is 2.08 bits per heavy atom. The van der Waals surface area contributed by atoms with Crippen molar-refractivity contribution in [3.8, 4) is 5.75 Å². The summed E-state index contributed by atoms with van der Waals surface area (Å²) in [6, 6.07) is 2.46. The maximum atomic E-state index is 12.9. The van der Waals surface area contributed by atoms with Crippen LogP contribution in [0, 0.1) is 11.6 Å². The lowest BCUT2D eigenvalue weighted by atomic mass is 10.2. The van der Waals surface area contributed by atoms with Crippen molar-refractivity contribution < 1.29 is 13.5 Å². The Kier molecular flexibility index (Phi) is 1.46. The average Bonchev–Trinajstić information content (AvgIpc) is 2.12. The summed E-state index contributed by atoms with van der Waals surface area (Å²) in [7, 11) is 0. The van der Waals surface area contributed by atoms with Gasteiger partial charge < -0.3 is 10.1 Å². The molecule has 0 saturated carbocycles. The maximum Gasteiger partial charge on any atom is 0.203 e. The van der Waals surface area contributed by atoms with E-state index in [9.17, 15) is 8.78 Å². The second kappa shape index (κ2) is 2.48.